The van der Waals surface area contributed by atoms with Crippen LogP contribution in [-0.4, -0.2) is 0 Å². The zero-order valence-electron chi connectivity index (χ0n) is 39.3. The highest BCUT2D eigenvalue weighted by atomic mass is 16.3. The van der Waals surface area contributed by atoms with E-state index in [1.54, 1.807) is 0 Å². The number of allylic oxidation sites excluding steroid dienone is 1. The molecule has 326 valence electrons. The fourth-order valence-corrected chi connectivity index (χ4v) is 11.9. The minimum atomic E-state index is -0.292. The Morgan fingerprint density at radius 1 is 0.493 bits per heavy atom. The molecule has 3 aliphatic carbocycles. The minimum Gasteiger partial charge on any atom is -0.460 e. The number of para-hydroxylation sites is 1. The molecule has 0 radical (unpaired) electrons. The lowest BCUT2D eigenvalue weighted by atomic mass is 9.80. The molecule has 10 aromatic rings. The molecule has 0 bridgehead atoms. The Balaban J connectivity index is 1.01. The molecule has 0 fully saturated rings. The Morgan fingerprint density at radius 3 is 1.60 bits per heavy atom. The van der Waals surface area contributed by atoms with Crippen molar-refractivity contribution in [3.63, 3.8) is 0 Å². The van der Waals surface area contributed by atoms with Gasteiger partial charge >= 0.3 is 0 Å². The smallest absolute Gasteiger partial charge is 0.143 e. The average molecular weight is 868 g/mol. The highest BCUT2D eigenvalue weighted by Gasteiger charge is 2.42. The number of aryl methyl sites for hydroxylation is 1. The molecule has 13 rings (SSSR count). The maximum atomic E-state index is 6.88. The van der Waals surface area contributed by atoms with Crippen molar-refractivity contribution in [3.8, 4) is 44.5 Å². The molecule has 0 aliphatic heterocycles. The molecule has 0 spiro atoms. The Bertz CT molecular complexity index is 3700. The fraction of sp³-hybridized carbons (Fsp3) is 0.188. The van der Waals surface area contributed by atoms with Crippen molar-refractivity contribution in [2.24, 2.45) is 0 Å². The van der Waals surface area contributed by atoms with E-state index in [4.69, 9.17) is 8.83 Å². The SMILES string of the molecule is CC(C)(C)c1ccc(N(c2ccc3c(c2)C(C)(C)c2cc(-c4ccccc4)c4oc5c(c4c2-3)C=CCC5)c2ccc3c(c2)C(C)(C)c2cc(-c4ccccc4)c4oc5ccccc5c4c2-3)cc1. The predicted octanol–water partition coefficient (Wildman–Crippen LogP) is 18.0. The van der Waals surface area contributed by atoms with Gasteiger partial charge in [-0.3, -0.25) is 0 Å². The van der Waals surface area contributed by atoms with Gasteiger partial charge in [-0.2, -0.15) is 0 Å². The number of fused-ring (bicyclic) bond motifs is 14. The minimum absolute atomic E-state index is 0.0305. The molecule has 3 nitrogen and oxygen atoms in total. The third-order valence-corrected chi connectivity index (χ3v) is 15.5. The van der Waals surface area contributed by atoms with E-state index in [9.17, 15) is 0 Å². The van der Waals surface area contributed by atoms with Crippen molar-refractivity contribution in [1.29, 1.82) is 0 Å². The van der Waals surface area contributed by atoms with E-state index in [-0.39, 0.29) is 16.2 Å². The third kappa shape index (κ3) is 5.77. The number of hydrogen-bond donors (Lipinski definition) is 0. The summed E-state index contributed by atoms with van der Waals surface area (Å²) < 4.78 is 13.7. The Hall–Kier alpha value is -7.36. The summed E-state index contributed by atoms with van der Waals surface area (Å²) in [5.74, 6) is 1.09. The summed E-state index contributed by atoms with van der Waals surface area (Å²) in [6.45, 7) is 16.5. The van der Waals surface area contributed by atoms with Crippen molar-refractivity contribution in [3.05, 3.63) is 203 Å². The number of benzene rings is 8. The molecule has 67 heavy (non-hydrogen) atoms. The molecule has 2 heterocycles. The Kier molecular flexibility index (Phi) is 8.40. The standard InChI is InChI=1S/C64H53NO2/c1-62(2,3)40-26-28-41(29-27-40)65(42-30-32-44-50(34-42)63(4,5)52-36-48(38-18-10-8-11-19-38)60-58(56(44)52)46-22-14-16-24-54(46)66-60)43-31-33-45-51(35-43)64(6,7)53-37-49(39-20-12-9-13-21-39)61-59(57(45)53)47-23-15-17-25-55(47)67-61/h8-16,18-24,26-37H,17,25H2,1-7H3. The van der Waals surface area contributed by atoms with Gasteiger partial charge in [0.15, 0.2) is 0 Å². The summed E-state index contributed by atoms with van der Waals surface area (Å²) in [6.07, 6.45) is 6.53. The number of rotatable bonds is 5. The van der Waals surface area contributed by atoms with Crippen molar-refractivity contribution in [2.75, 3.05) is 4.90 Å². The fourth-order valence-electron chi connectivity index (χ4n) is 11.9. The van der Waals surface area contributed by atoms with Crippen molar-refractivity contribution >= 4 is 56.0 Å². The molecule has 0 unspecified atom stereocenters. The highest BCUT2D eigenvalue weighted by Crippen LogP contribution is 2.59. The molecule has 0 saturated carbocycles. The zero-order chi connectivity index (χ0) is 45.6. The first-order chi connectivity index (χ1) is 32.4. The second-order valence-electron chi connectivity index (χ2n) is 21.2. The second kappa shape index (κ2) is 14.1. The van der Waals surface area contributed by atoms with E-state index in [1.807, 2.05) is 0 Å². The van der Waals surface area contributed by atoms with Gasteiger partial charge in [-0.15, -0.1) is 0 Å². The van der Waals surface area contributed by atoms with E-state index in [0.29, 0.717) is 0 Å². The van der Waals surface area contributed by atoms with Gasteiger partial charge in [0.05, 0.1) is 0 Å². The van der Waals surface area contributed by atoms with Crippen molar-refractivity contribution in [1.82, 2.24) is 0 Å². The van der Waals surface area contributed by atoms with Crippen LogP contribution in [0.5, 0.6) is 0 Å². The van der Waals surface area contributed by atoms with Crippen LogP contribution in [0.25, 0.3) is 83.5 Å². The largest absolute Gasteiger partial charge is 0.460 e. The molecule has 0 amide bonds. The van der Waals surface area contributed by atoms with Gasteiger partial charge in [-0.1, -0.05) is 164 Å². The summed E-state index contributed by atoms with van der Waals surface area (Å²) in [4.78, 5) is 2.48. The van der Waals surface area contributed by atoms with Crippen molar-refractivity contribution < 1.29 is 8.83 Å². The van der Waals surface area contributed by atoms with E-state index < -0.39 is 0 Å². The molecular weight excluding hydrogens is 815 g/mol. The first-order valence-electron chi connectivity index (χ1n) is 24.0. The summed E-state index contributed by atoms with van der Waals surface area (Å²) in [5, 5.41) is 3.59. The maximum Gasteiger partial charge on any atom is 0.143 e. The molecule has 2 aromatic heterocycles. The van der Waals surface area contributed by atoms with E-state index in [0.717, 1.165) is 74.5 Å². The summed E-state index contributed by atoms with van der Waals surface area (Å²) >= 11 is 0. The van der Waals surface area contributed by atoms with E-state index in [1.165, 1.54) is 72.0 Å². The summed E-state index contributed by atoms with van der Waals surface area (Å²) in [5.41, 5.74) is 23.4. The zero-order valence-corrected chi connectivity index (χ0v) is 39.3. The first kappa shape index (κ1) is 40.0. The van der Waals surface area contributed by atoms with Crippen LogP contribution < -0.4 is 4.90 Å². The van der Waals surface area contributed by atoms with Gasteiger partial charge in [-0.25, -0.2) is 0 Å². The first-order valence-corrected chi connectivity index (χ1v) is 24.0. The maximum absolute atomic E-state index is 6.88. The van der Waals surface area contributed by atoms with Crippen LogP contribution in [0, 0.1) is 0 Å². The lowest BCUT2D eigenvalue weighted by Crippen LogP contribution is -2.18. The highest BCUT2D eigenvalue weighted by molar-refractivity contribution is 6.19. The summed E-state index contributed by atoms with van der Waals surface area (Å²) in [7, 11) is 0. The van der Waals surface area contributed by atoms with Crippen LogP contribution in [0.3, 0.4) is 0 Å². The normalized spacial score (nSPS) is 15.1. The number of furan rings is 2. The van der Waals surface area contributed by atoms with E-state index >= 15 is 0 Å². The molecule has 0 N–H and O–H groups in total. The molecule has 3 heteroatoms. The van der Waals surface area contributed by atoms with Gasteiger partial charge in [0.2, 0.25) is 0 Å². The molecule has 3 aliphatic rings. The predicted molar refractivity (Wildman–Crippen MR) is 280 cm³/mol. The monoisotopic (exact) mass is 867 g/mol. The van der Waals surface area contributed by atoms with Crippen molar-refractivity contribution in [2.45, 2.75) is 77.6 Å². The van der Waals surface area contributed by atoms with Crippen LogP contribution in [0.4, 0.5) is 17.1 Å². The number of hydrogen-bond acceptors (Lipinski definition) is 3. The molecule has 0 atom stereocenters. The van der Waals surface area contributed by atoms with Crippen LogP contribution in [-0.2, 0) is 22.7 Å². The number of anilines is 3. The quantitative estimate of drug-likeness (QED) is 0.173. The van der Waals surface area contributed by atoms with Crippen LogP contribution in [0.1, 0.15) is 94.0 Å². The lowest BCUT2D eigenvalue weighted by molar-refractivity contribution is 0.547. The molecule has 8 aromatic carbocycles. The van der Waals surface area contributed by atoms with Gasteiger partial charge in [0, 0.05) is 67.2 Å². The molecule has 0 saturated heterocycles. The third-order valence-electron chi connectivity index (χ3n) is 15.5. The van der Waals surface area contributed by atoms with E-state index in [2.05, 4.69) is 223 Å². The van der Waals surface area contributed by atoms with Gasteiger partial charge in [0.1, 0.15) is 22.5 Å². The van der Waals surface area contributed by atoms with Gasteiger partial charge in [0.25, 0.3) is 0 Å². The van der Waals surface area contributed by atoms with Crippen LogP contribution in [0.15, 0.2) is 173 Å². The van der Waals surface area contributed by atoms with Gasteiger partial charge < -0.3 is 13.7 Å². The lowest BCUT2D eigenvalue weighted by Gasteiger charge is -2.30. The average Bonchev–Trinajstić information content (AvgIpc) is 4.04. The topological polar surface area (TPSA) is 29.5 Å². The number of nitrogens with zero attached hydrogens (tertiary/aromatic N) is 1. The summed E-state index contributed by atoms with van der Waals surface area (Å²) in [6, 6.07) is 58.5. The Morgan fingerprint density at radius 2 is 1.01 bits per heavy atom. The van der Waals surface area contributed by atoms with Crippen LogP contribution >= 0.6 is 0 Å². The Labute approximate surface area is 393 Å². The van der Waals surface area contributed by atoms with Gasteiger partial charge in [-0.05, 0) is 128 Å². The van der Waals surface area contributed by atoms with Crippen LogP contribution in [0.2, 0.25) is 0 Å². The molecular formula is C64H53NO2. The second-order valence-corrected chi connectivity index (χ2v) is 21.2.